The molecule has 2 heteroatoms. The summed E-state index contributed by atoms with van der Waals surface area (Å²) < 4.78 is 0. The zero-order valence-electron chi connectivity index (χ0n) is 7.76. The lowest BCUT2D eigenvalue weighted by molar-refractivity contribution is -0.132. The maximum Gasteiger partial charge on any atom is 0.222 e. The van der Waals surface area contributed by atoms with E-state index in [0.29, 0.717) is 12.5 Å². The number of nitrogens with zero attached hydrogens (tertiary/aromatic N) is 1. The van der Waals surface area contributed by atoms with Crippen molar-refractivity contribution in [2.24, 2.45) is 0 Å². The molecule has 0 aromatic rings. The Kier molecular flexibility index (Phi) is 4.92. The Hall–Kier alpha value is -0.530. The Morgan fingerprint density at radius 2 is 2.09 bits per heavy atom. The summed E-state index contributed by atoms with van der Waals surface area (Å²) in [4.78, 5) is 13.1. The van der Waals surface area contributed by atoms with E-state index in [-0.39, 0.29) is 5.91 Å². The molecule has 0 N–H and O–H groups in total. The van der Waals surface area contributed by atoms with Crippen LogP contribution in [0.25, 0.3) is 0 Å². The first-order chi connectivity index (χ1) is 5.17. The Balaban J connectivity index is 4.03. The van der Waals surface area contributed by atoms with Crippen LogP contribution in [0.5, 0.6) is 0 Å². The van der Waals surface area contributed by atoms with Gasteiger partial charge in [0.05, 0.1) is 0 Å². The van der Waals surface area contributed by atoms with E-state index in [1.807, 2.05) is 11.8 Å². The van der Waals surface area contributed by atoms with Crippen molar-refractivity contribution < 1.29 is 4.79 Å². The van der Waals surface area contributed by atoms with Gasteiger partial charge < -0.3 is 4.90 Å². The first-order valence-corrected chi connectivity index (χ1v) is 4.26. The molecule has 0 heterocycles. The second kappa shape index (κ2) is 5.16. The van der Waals surface area contributed by atoms with Crippen LogP contribution in [0.3, 0.4) is 0 Å². The van der Waals surface area contributed by atoms with Gasteiger partial charge in [0.1, 0.15) is 0 Å². The number of carbonyl (C=O) groups is 1. The van der Waals surface area contributed by atoms with E-state index < -0.39 is 0 Å². The standard InChI is InChI=1S/C9H18NO/c1-5-8(4)10(7-3)9(11)6-2/h8H,2,5-7H2,1,3-4H3. The van der Waals surface area contributed by atoms with Gasteiger partial charge in [-0.2, -0.15) is 0 Å². The van der Waals surface area contributed by atoms with Crippen LogP contribution in [0, 0.1) is 6.92 Å². The van der Waals surface area contributed by atoms with E-state index in [0.717, 1.165) is 13.0 Å². The smallest absolute Gasteiger partial charge is 0.222 e. The fourth-order valence-corrected chi connectivity index (χ4v) is 1.10. The molecule has 0 aliphatic heterocycles. The van der Waals surface area contributed by atoms with Gasteiger partial charge in [-0.05, 0) is 27.2 Å². The fraction of sp³-hybridized carbons (Fsp3) is 0.778. The Morgan fingerprint density at radius 3 is 2.36 bits per heavy atom. The Labute approximate surface area is 69.6 Å². The van der Waals surface area contributed by atoms with Crippen molar-refractivity contribution in [3.63, 3.8) is 0 Å². The summed E-state index contributed by atoms with van der Waals surface area (Å²) in [5.74, 6) is 0.154. The molecule has 0 saturated carbocycles. The minimum Gasteiger partial charge on any atom is -0.340 e. The predicted molar refractivity (Wildman–Crippen MR) is 47.1 cm³/mol. The minimum absolute atomic E-state index is 0.154. The van der Waals surface area contributed by atoms with E-state index in [1.165, 1.54) is 0 Å². The number of carbonyl (C=O) groups excluding carboxylic acids is 1. The highest BCUT2D eigenvalue weighted by atomic mass is 16.2. The topological polar surface area (TPSA) is 20.3 Å². The zero-order chi connectivity index (χ0) is 8.85. The summed E-state index contributed by atoms with van der Waals surface area (Å²) in [5.41, 5.74) is 0. The molecule has 0 fully saturated rings. The van der Waals surface area contributed by atoms with Crippen molar-refractivity contribution in [1.82, 2.24) is 4.90 Å². The second-order valence-electron chi connectivity index (χ2n) is 2.69. The van der Waals surface area contributed by atoms with Gasteiger partial charge in [-0.3, -0.25) is 4.79 Å². The van der Waals surface area contributed by atoms with Crippen LogP contribution in [-0.2, 0) is 4.79 Å². The minimum atomic E-state index is 0.154. The van der Waals surface area contributed by atoms with Crippen molar-refractivity contribution in [1.29, 1.82) is 0 Å². The van der Waals surface area contributed by atoms with Gasteiger partial charge in [0.25, 0.3) is 0 Å². The number of hydrogen-bond acceptors (Lipinski definition) is 1. The summed E-state index contributed by atoms with van der Waals surface area (Å²) >= 11 is 0. The monoisotopic (exact) mass is 156 g/mol. The molecule has 65 valence electrons. The average molecular weight is 156 g/mol. The first kappa shape index (κ1) is 10.5. The molecular weight excluding hydrogens is 138 g/mol. The number of rotatable bonds is 4. The average Bonchev–Trinajstić information content (AvgIpc) is 2.05. The molecule has 2 nitrogen and oxygen atoms in total. The lowest BCUT2D eigenvalue weighted by atomic mass is 10.2. The van der Waals surface area contributed by atoms with Crippen molar-refractivity contribution in [3.05, 3.63) is 6.92 Å². The van der Waals surface area contributed by atoms with Crippen LogP contribution in [-0.4, -0.2) is 23.4 Å². The van der Waals surface area contributed by atoms with E-state index in [4.69, 9.17) is 0 Å². The highest BCUT2D eigenvalue weighted by Gasteiger charge is 2.13. The summed E-state index contributed by atoms with van der Waals surface area (Å²) in [7, 11) is 0. The van der Waals surface area contributed by atoms with E-state index in [2.05, 4.69) is 20.8 Å². The summed E-state index contributed by atoms with van der Waals surface area (Å²) in [6.07, 6.45) is 1.39. The van der Waals surface area contributed by atoms with Crippen LogP contribution >= 0.6 is 0 Å². The van der Waals surface area contributed by atoms with Gasteiger partial charge in [-0.1, -0.05) is 6.92 Å². The molecule has 1 radical (unpaired) electrons. The molecule has 11 heavy (non-hydrogen) atoms. The van der Waals surface area contributed by atoms with Crippen molar-refractivity contribution in [3.8, 4) is 0 Å². The summed E-state index contributed by atoms with van der Waals surface area (Å²) in [6, 6.07) is 0.356. The summed E-state index contributed by atoms with van der Waals surface area (Å²) in [6.45, 7) is 10.5. The van der Waals surface area contributed by atoms with Crippen LogP contribution in [0.2, 0.25) is 0 Å². The molecule has 0 spiro atoms. The Bertz CT molecular complexity index is 123. The van der Waals surface area contributed by atoms with E-state index in [1.54, 1.807) is 0 Å². The number of amides is 1. The van der Waals surface area contributed by atoms with Gasteiger partial charge in [0, 0.05) is 19.0 Å². The van der Waals surface area contributed by atoms with Gasteiger partial charge in [-0.15, -0.1) is 0 Å². The summed E-state index contributed by atoms with van der Waals surface area (Å²) in [5, 5.41) is 0. The Morgan fingerprint density at radius 1 is 1.55 bits per heavy atom. The predicted octanol–water partition coefficient (Wildman–Crippen LogP) is 1.86. The van der Waals surface area contributed by atoms with Crippen molar-refractivity contribution in [2.75, 3.05) is 6.54 Å². The molecule has 1 unspecified atom stereocenters. The quantitative estimate of drug-likeness (QED) is 0.608. The fourth-order valence-electron chi connectivity index (χ4n) is 1.10. The molecule has 0 aliphatic carbocycles. The SMILES string of the molecule is [CH2]CC(=O)N(CC)C(C)CC. The van der Waals surface area contributed by atoms with Crippen LogP contribution < -0.4 is 0 Å². The number of hydrogen-bond donors (Lipinski definition) is 0. The zero-order valence-corrected chi connectivity index (χ0v) is 7.76. The van der Waals surface area contributed by atoms with Gasteiger partial charge in [0.15, 0.2) is 0 Å². The largest absolute Gasteiger partial charge is 0.340 e. The van der Waals surface area contributed by atoms with E-state index in [9.17, 15) is 4.79 Å². The molecule has 0 rings (SSSR count). The molecule has 1 atom stereocenters. The van der Waals surface area contributed by atoms with Crippen molar-refractivity contribution >= 4 is 5.91 Å². The maximum atomic E-state index is 11.2. The lowest BCUT2D eigenvalue weighted by Gasteiger charge is -2.26. The van der Waals surface area contributed by atoms with Crippen LogP contribution in [0.4, 0.5) is 0 Å². The second-order valence-corrected chi connectivity index (χ2v) is 2.69. The molecule has 0 aromatic heterocycles. The van der Waals surface area contributed by atoms with E-state index >= 15 is 0 Å². The van der Waals surface area contributed by atoms with Gasteiger partial charge in [-0.25, -0.2) is 0 Å². The van der Waals surface area contributed by atoms with Gasteiger partial charge in [0.2, 0.25) is 5.91 Å². The molecule has 1 amide bonds. The molecular formula is C9H18NO. The normalized spacial score (nSPS) is 12.7. The first-order valence-electron chi connectivity index (χ1n) is 4.26. The molecule has 0 bridgehead atoms. The van der Waals surface area contributed by atoms with Gasteiger partial charge >= 0.3 is 0 Å². The van der Waals surface area contributed by atoms with Crippen LogP contribution in [0.1, 0.15) is 33.6 Å². The third-order valence-corrected chi connectivity index (χ3v) is 2.00. The van der Waals surface area contributed by atoms with Crippen LogP contribution in [0.15, 0.2) is 0 Å². The highest BCUT2D eigenvalue weighted by Crippen LogP contribution is 2.04. The lowest BCUT2D eigenvalue weighted by Crippen LogP contribution is -2.37. The molecule has 0 aromatic carbocycles. The highest BCUT2D eigenvalue weighted by molar-refractivity contribution is 5.76. The third kappa shape index (κ3) is 2.91. The maximum absolute atomic E-state index is 11.2. The molecule has 0 aliphatic rings. The third-order valence-electron chi connectivity index (χ3n) is 2.00. The molecule has 0 saturated heterocycles. The van der Waals surface area contributed by atoms with Crippen molar-refractivity contribution in [2.45, 2.75) is 39.7 Å².